The first kappa shape index (κ1) is 22.2. The van der Waals surface area contributed by atoms with Crippen molar-refractivity contribution in [1.82, 2.24) is 9.88 Å². The third kappa shape index (κ3) is 5.23. The molecule has 3 aromatic rings. The van der Waals surface area contributed by atoms with Gasteiger partial charge in [0.25, 0.3) is 5.91 Å². The van der Waals surface area contributed by atoms with Crippen molar-refractivity contribution >= 4 is 46.3 Å². The van der Waals surface area contributed by atoms with Crippen LogP contribution >= 0.6 is 22.9 Å². The number of aromatic nitrogens is 1. The number of pyridine rings is 1. The van der Waals surface area contributed by atoms with E-state index in [1.54, 1.807) is 35.7 Å². The average molecular weight is 467 g/mol. The zero-order valence-electron chi connectivity index (χ0n) is 17.4. The number of anilines is 1. The van der Waals surface area contributed by atoms with Gasteiger partial charge in [-0.2, -0.15) is 0 Å². The fraction of sp³-hybridized carbons (Fsp3) is 0.250. The van der Waals surface area contributed by atoms with E-state index >= 15 is 0 Å². The number of thiophene rings is 1. The lowest BCUT2D eigenvalue weighted by atomic mass is 10.0. The van der Waals surface area contributed by atoms with Gasteiger partial charge >= 0.3 is 0 Å². The Morgan fingerprint density at radius 1 is 1.03 bits per heavy atom. The van der Waals surface area contributed by atoms with Gasteiger partial charge in [-0.3, -0.25) is 15.0 Å². The molecule has 3 heterocycles. The first-order chi connectivity index (χ1) is 15.5. The van der Waals surface area contributed by atoms with Crippen LogP contribution in [0.15, 0.2) is 54.0 Å². The van der Waals surface area contributed by atoms with Crippen LogP contribution in [0.5, 0.6) is 0 Å². The molecule has 1 fully saturated rings. The highest BCUT2D eigenvalue weighted by Crippen LogP contribution is 2.21. The number of nitrogens with zero attached hydrogens (tertiary/aromatic N) is 2. The molecule has 0 atom stereocenters. The topological polar surface area (TPSA) is 86.1 Å². The van der Waals surface area contributed by atoms with Crippen molar-refractivity contribution in [1.29, 1.82) is 5.41 Å². The Labute approximate surface area is 195 Å². The predicted molar refractivity (Wildman–Crippen MR) is 128 cm³/mol. The van der Waals surface area contributed by atoms with Crippen LogP contribution in [0.1, 0.15) is 50.4 Å². The number of halogens is 1. The molecule has 0 spiro atoms. The van der Waals surface area contributed by atoms with Crippen LogP contribution in [-0.2, 0) is 6.42 Å². The zero-order valence-corrected chi connectivity index (χ0v) is 19.0. The summed E-state index contributed by atoms with van der Waals surface area (Å²) in [5.74, 6) is 0.536. The minimum Gasteiger partial charge on any atom is -0.357 e. The molecule has 4 rings (SSSR count). The fourth-order valence-corrected chi connectivity index (χ4v) is 4.62. The minimum atomic E-state index is -0.303. The predicted octanol–water partition coefficient (Wildman–Crippen LogP) is 5.29. The van der Waals surface area contributed by atoms with Crippen molar-refractivity contribution in [3.8, 4) is 0 Å². The second-order valence-electron chi connectivity index (χ2n) is 7.66. The number of ketones is 1. The highest BCUT2D eigenvalue weighted by molar-refractivity contribution is 7.12. The molecule has 32 heavy (non-hydrogen) atoms. The summed E-state index contributed by atoms with van der Waals surface area (Å²) in [6, 6.07) is 12.3. The van der Waals surface area contributed by atoms with Crippen molar-refractivity contribution in [2.45, 2.75) is 25.7 Å². The number of nitrogens with one attached hydrogen (secondary N) is 2. The highest BCUT2D eigenvalue weighted by Gasteiger charge is 2.19. The van der Waals surface area contributed by atoms with Gasteiger partial charge in [0.05, 0.1) is 9.90 Å². The van der Waals surface area contributed by atoms with Gasteiger partial charge in [0.2, 0.25) is 0 Å². The molecule has 164 valence electrons. The number of Topliss-reactive ketones (excluding diaryl/α,β-unsaturated/α-hetero) is 1. The highest BCUT2D eigenvalue weighted by atomic mass is 35.5. The summed E-state index contributed by atoms with van der Waals surface area (Å²) in [4.78, 5) is 32.2. The summed E-state index contributed by atoms with van der Waals surface area (Å²) in [5, 5.41) is 13.5. The largest absolute Gasteiger partial charge is 0.357 e. The monoisotopic (exact) mass is 466 g/mol. The van der Waals surface area contributed by atoms with Gasteiger partial charge in [-0.05, 0) is 48.4 Å². The first-order valence-corrected chi connectivity index (χ1v) is 11.7. The van der Waals surface area contributed by atoms with E-state index in [1.165, 1.54) is 24.0 Å². The normalized spacial score (nSPS) is 13.6. The quantitative estimate of drug-likeness (QED) is 0.294. The summed E-state index contributed by atoms with van der Waals surface area (Å²) in [5.41, 5.74) is 2.06. The molecule has 1 amide bonds. The fourth-order valence-electron chi connectivity index (χ4n) is 3.69. The Morgan fingerprint density at radius 2 is 1.75 bits per heavy atom. The summed E-state index contributed by atoms with van der Waals surface area (Å²) in [7, 11) is 0. The maximum atomic E-state index is 12.8. The molecule has 6 nitrogen and oxygen atoms in total. The van der Waals surface area contributed by atoms with Crippen LogP contribution in [0.3, 0.4) is 0 Å². The van der Waals surface area contributed by atoms with Crippen LogP contribution in [-0.4, -0.2) is 40.5 Å². The molecule has 8 heteroatoms. The van der Waals surface area contributed by atoms with Gasteiger partial charge in [-0.1, -0.05) is 35.9 Å². The molecule has 0 aliphatic carbocycles. The van der Waals surface area contributed by atoms with Gasteiger partial charge in [-0.25, -0.2) is 4.98 Å². The van der Waals surface area contributed by atoms with Gasteiger partial charge in [0, 0.05) is 36.8 Å². The number of hydrogen-bond donors (Lipinski definition) is 2. The van der Waals surface area contributed by atoms with Gasteiger partial charge < -0.3 is 10.2 Å². The molecular weight excluding hydrogens is 444 g/mol. The Balaban J connectivity index is 1.41. The lowest BCUT2D eigenvalue weighted by molar-refractivity contribution is 0.0993. The third-order valence-electron chi connectivity index (χ3n) is 5.43. The third-order valence-corrected chi connectivity index (χ3v) is 6.60. The van der Waals surface area contributed by atoms with E-state index in [4.69, 9.17) is 17.0 Å². The van der Waals surface area contributed by atoms with Crippen LogP contribution < -0.4 is 5.32 Å². The molecule has 2 aromatic heterocycles. The van der Waals surface area contributed by atoms with Crippen molar-refractivity contribution in [3.05, 3.63) is 80.6 Å². The molecule has 2 N–H and O–H groups in total. The summed E-state index contributed by atoms with van der Waals surface area (Å²) in [6.45, 7) is 1.82. The van der Waals surface area contributed by atoms with Crippen molar-refractivity contribution in [3.63, 3.8) is 0 Å². The first-order valence-electron chi connectivity index (χ1n) is 10.5. The Morgan fingerprint density at radius 3 is 2.44 bits per heavy atom. The van der Waals surface area contributed by atoms with Gasteiger partial charge in [0.1, 0.15) is 11.7 Å². The van der Waals surface area contributed by atoms with E-state index < -0.39 is 0 Å². The zero-order chi connectivity index (χ0) is 22.5. The number of likely N-dealkylation sites (tertiary alicyclic amines) is 1. The molecule has 0 saturated carbocycles. The van der Waals surface area contributed by atoms with Gasteiger partial charge in [0.15, 0.2) is 5.78 Å². The van der Waals surface area contributed by atoms with Crippen molar-refractivity contribution < 1.29 is 9.59 Å². The van der Waals surface area contributed by atoms with E-state index in [-0.39, 0.29) is 18.1 Å². The van der Waals surface area contributed by atoms with E-state index in [1.807, 2.05) is 12.1 Å². The second kappa shape index (κ2) is 10.1. The van der Waals surface area contributed by atoms with E-state index in [2.05, 4.69) is 15.2 Å². The summed E-state index contributed by atoms with van der Waals surface area (Å²) in [6.07, 6.45) is 5.04. The molecule has 1 aliphatic rings. The Kier molecular flexibility index (Phi) is 6.97. The second-order valence-corrected chi connectivity index (χ2v) is 9.02. The number of amidine groups is 1. The number of rotatable bonds is 6. The lowest BCUT2D eigenvalue weighted by Gasteiger charge is -2.29. The van der Waals surface area contributed by atoms with Gasteiger partial charge in [-0.15, -0.1) is 11.3 Å². The molecule has 0 bridgehead atoms. The molecule has 1 aromatic carbocycles. The number of benzene rings is 1. The SMILES string of the molecule is N=C(c1ccc(C(=O)Cc2ccsc2C(=O)Nc2ccc(Cl)cn2)cc1)N1CCCCC1. The summed E-state index contributed by atoms with van der Waals surface area (Å²) >= 11 is 7.12. The van der Waals surface area contributed by atoms with Crippen LogP contribution in [0.4, 0.5) is 5.82 Å². The Bertz CT molecular complexity index is 1120. The van der Waals surface area contributed by atoms with Crippen LogP contribution in [0.25, 0.3) is 0 Å². The average Bonchev–Trinajstić information content (AvgIpc) is 3.29. The lowest BCUT2D eigenvalue weighted by Crippen LogP contribution is -2.35. The maximum Gasteiger partial charge on any atom is 0.267 e. The minimum absolute atomic E-state index is 0.0712. The summed E-state index contributed by atoms with van der Waals surface area (Å²) < 4.78 is 0. The molecule has 0 radical (unpaired) electrons. The number of piperidine rings is 1. The number of amides is 1. The number of carbonyl (C=O) groups excluding carboxylic acids is 2. The van der Waals surface area contributed by atoms with Crippen molar-refractivity contribution in [2.24, 2.45) is 0 Å². The van der Waals surface area contributed by atoms with Crippen molar-refractivity contribution in [2.75, 3.05) is 18.4 Å². The molecular formula is C24H23ClN4O2S. The van der Waals surface area contributed by atoms with E-state index in [0.29, 0.717) is 32.7 Å². The van der Waals surface area contributed by atoms with Crippen LogP contribution in [0.2, 0.25) is 5.02 Å². The molecule has 1 saturated heterocycles. The molecule has 0 unspecified atom stereocenters. The van der Waals surface area contributed by atoms with E-state index in [0.717, 1.165) is 31.5 Å². The Hall–Kier alpha value is -3.03. The standard InChI is InChI=1S/C24H23ClN4O2S/c25-19-8-9-21(27-15-19)28-24(31)22-18(10-13-32-22)14-20(30)16-4-6-17(7-5-16)23(26)29-11-2-1-3-12-29/h4-10,13,15,26H,1-3,11-12,14H2,(H,27,28,31). The number of carbonyl (C=O) groups is 2. The molecule has 1 aliphatic heterocycles. The maximum absolute atomic E-state index is 12.8. The number of hydrogen-bond acceptors (Lipinski definition) is 5. The van der Waals surface area contributed by atoms with E-state index in [9.17, 15) is 9.59 Å². The smallest absolute Gasteiger partial charge is 0.267 e. The van der Waals surface area contributed by atoms with Crippen LogP contribution in [0, 0.1) is 5.41 Å².